The van der Waals surface area contributed by atoms with Crippen molar-refractivity contribution in [3.05, 3.63) is 35.9 Å². The van der Waals surface area contributed by atoms with Crippen LogP contribution in [0.2, 0.25) is 0 Å². The number of piperazine rings is 1. The molecule has 122 valence electrons. The summed E-state index contributed by atoms with van der Waals surface area (Å²) in [7, 11) is -3.15. The van der Waals surface area contributed by atoms with Gasteiger partial charge in [-0.25, -0.2) is 8.42 Å². The zero-order valence-electron chi connectivity index (χ0n) is 12.9. The van der Waals surface area contributed by atoms with E-state index in [1.54, 1.807) is 16.7 Å². The highest BCUT2D eigenvalue weighted by Crippen LogP contribution is 2.20. The maximum atomic E-state index is 12.4. The Bertz CT molecular complexity index is 596. The van der Waals surface area contributed by atoms with Crippen LogP contribution in [-0.2, 0) is 20.6 Å². The molecule has 0 radical (unpaired) electrons. The first-order chi connectivity index (χ1) is 10.4. The molecule has 0 spiro atoms. The number of amides is 1. The number of thioether (sulfide) groups is 1. The molecule has 0 aromatic heterocycles. The van der Waals surface area contributed by atoms with E-state index in [-0.39, 0.29) is 11.2 Å². The SMILES string of the molecule is C[C@@H](SCc1ccccc1)C(=O)N1CCN(S(C)(=O)=O)CC1. The summed E-state index contributed by atoms with van der Waals surface area (Å²) in [6, 6.07) is 10.1. The van der Waals surface area contributed by atoms with Crippen LogP contribution in [0.5, 0.6) is 0 Å². The number of hydrogen-bond donors (Lipinski definition) is 0. The van der Waals surface area contributed by atoms with Crippen molar-refractivity contribution < 1.29 is 13.2 Å². The molecular weight excluding hydrogens is 320 g/mol. The quantitative estimate of drug-likeness (QED) is 0.812. The average Bonchev–Trinajstić information content (AvgIpc) is 2.52. The van der Waals surface area contributed by atoms with E-state index >= 15 is 0 Å². The fraction of sp³-hybridized carbons (Fsp3) is 0.533. The number of hydrogen-bond acceptors (Lipinski definition) is 4. The zero-order chi connectivity index (χ0) is 16.2. The third-order valence-electron chi connectivity index (χ3n) is 3.71. The average molecular weight is 342 g/mol. The monoisotopic (exact) mass is 342 g/mol. The molecule has 0 saturated carbocycles. The maximum absolute atomic E-state index is 12.4. The Labute approximate surface area is 136 Å². The Morgan fingerprint density at radius 1 is 1.18 bits per heavy atom. The van der Waals surface area contributed by atoms with Crippen LogP contribution in [0.15, 0.2) is 30.3 Å². The summed E-state index contributed by atoms with van der Waals surface area (Å²) < 4.78 is 24.4. The van der Waals surface area contributed by atoms with Gasteiger partial charge in [0.1, 0.15) is 0 Å². The second kappa shape index (κ2) is 7.48. The summed E-state index contributed by atoms with van der Waals surface area (Å²) in [5, 5.41) is -0.120. The van der Waals surface area contributed by atoms with Crippen molar-refractivity contribution in [2.45, 2.75) is 17.9 Å². The largest absolute Gasteiger partial charge is 0.339 e. The van der Waals surface area contributed by atoms with E-state index in [1.165, 1.54) is 16.1 Å². The van der Waals surface area contributed by atoms with Crippen LogP contribution in [0, 0.1) is 0 Å². The van der Waals surface area contributed by atoms with Crippen molar-refractivity contribution in [3.8, 4) is 0 Å². The summed E-state index contributed by atoms with van der Waals surface area (Å²) in [4.78, 5) is 14.2. The molecule has 5 nitrogen and oxygen atoms in total. The second-order valence-corrected chi connectivity index (χ2v) is 8.74. The van der Waals surface area contributed by atoms with E-state index in [0.29, 0.717) is 26.2 Å². The highest BCUT2D eigenvalue weighted by Gasteiger charge is 2.28. The summed E-state index contributed by atoms with van der Waals surface area (Å²) in [5.74, 6) is 0.894. The molecule has 1 fully saturated rings. The van der Waals surface area contributed by atoms with E-state index in [9.17, 15) is 13.2 Å². The van der Waals surface area contributed by atoms with Gasteiger partial charge in [0.25, 0.3) is 0 Å². The van der Waals surface area contributed by atoms with E-state index in [2.05, 4.69) is 12.1 Å². The summed E-state index contributed by atoms with van der Waals surface area (Å²) in [6.45, 7) is 3.64. The van der Waals surface area contributed by atoms with Crippen molar-refractivity contribution >= 4 is 27.7 Å². The van der Waals surface area contributed by atoms with Gasteiger partial charge in [-0.3, -0.25) is 4.79 Å². The predicted octanol–water partition coefficient (Wildman–Crippen LogP) is 1.41. The van der Waals surface area contributed by atoms with Gasteiger partial charge in [-0.15, -0.1) is 11.8 Å². The molecule has 1 aromatic rings. The summed E-state index contributed by atoms with van der Waals surface area (Å²) in [5.41, 5.74) is 1.20. The molecule has 0 N–H and O–H groups in total. The molecule has 1 saturated heterocycles. The molecule has 1 aliphatic rings. The molecule has 0 unspecified atom stereocenters. The number of nitrogens with zero attached hydrogens (tertiary/aromatic N) is 2. The number of carbonyl (C=O) groups excluding carboxylic acids is 1. The fourth-order valence-corrected chi connectivity index (χ4v) is 4.12. The van der Waals surface area contributed by atoms with Crippen LogP contribution in [0.1, 0.15) is 12.5 Å². The second-order valence-electron chi connectivity index (χ2n) is 5.43. The first kappa shape index (κ1) is 17.3. The first-order valence-corrected chi connectivity index (χ1v) is 10.2. The predicted molar refractivity (Wildman–Crippen MR) is 90.2 cm³/mol. The molecule has 22 heavy (non-hydrogen) atoms. The Kier molecular flexibility index (Phi) is 5.88. The fourth-order valence-electron chi connectivity index (χ4n) is 2.36. The van der Waals surface area contributed by atoms with Gasteiger partial charge >= 0.3 is 0 Å². The van der Waals surface area contributed by atoms with Crippen molar-refractivity contribution in [2.24, 2.45) is 0 Å². The summed E-state index contributed by atoms with van der Waals surface area (Å²) in [6.07, 6.45) is 1.21. The van der Waals surface area contributed by atoms with Crippen LogP contribution >= 0.6 is 11.8 Å². The highest BCUT2D eigenvalue weighted by molar-refractivity contribution is 7.99. The Morgan fingerprint density at radius 3 is 2.32 bits per heavy atom. The lowest BCUT2D eigenvalue weighted by molar-refractivity contribution is -0.131. The van der Waals surface area contributed by atoms with Gasteiger partial charge in [-0.05, 0) is 12.5 Å². The van der Waals surface area contributed by atoms with Crippen molar-refractivity contribution in [3.63, 3.8) is 0 Å². The third-order valence-corrected chi connectivity index (χ3v) is 6.21. The number of carbonyl (C=O) groups is 1. The Hall–Kier alpha value is -1.05. The number of benzene rings is 1. The molecule has 0 aliphatic carbocycles. The molecule has 0 bridgehead atoms. The summed E-state index contributed by atoms with van der Waals surface area (Å²) >= 11 is 1.61. The molecule has 1 aromatic carbocycles. The number of rotatable bonds is 5. The molecule has 1 amide bonds. The lowest BCUT2D eigenvalue weighted by Gasteiger charge is -2.34. The van der Waals surface area contributed by atoms with Crippen molar-refractivity contribution in [1.82, 2.24) is 9.21 Å². The molecule has 1 aliphatic heterocycles. The first-order valence-electron chi connectivity index (χ1n) is 7.27. The van der Waals surface area contributed by atoms with Gasteiger partial charge in [0, 0.05) is 31.9 Å². The Morgan fingerprint density at radius 2 is 1.77 bits per heavy atom. The van der Waals surface area contributed by atoms with Gasteiger partial charge in [0.05, 0.1) is 11.5 Å². The van der Waals surface area contributed by atoms with Crippen molar-refractivity contribution in [2.75, 3.05) is 32.4 Å². The van der Waals surface area contributed by atoms with Crippen LogP contribution in [0.4, 0.5) is 0 Å². The molecular formula is C15H22N2O3S2. The number of sulfonamides is 1. The molecule has 1 atom stereocenters. The van der Waals surface area contributed by atoms with Gasteiger partial charge in [-0.2, -0.15) is 4.31 Å². The maximum Gasteiger partial charge on any atom is 0.235 e. The van der Waals surface area contributed by atoms with Gasteiger partial charge < -0.3 is 4.90 Å². The normalized spacial score (nSPS) is 18.2. The minimum absolute atomic E-state index is 0.0917. The highest BCUT2D eigenvalue weighted by atomic mass is 32.2. The topological polar surface area (TPSA) is 57.7 Å². The van der Waals surface area contributed by atoms with E-state index in [0.717, 1.165) is 5.75 Å². The van der Waals surface area contributed by atoms with Gasteiger partial charge in [0.2, 0.25) is 15.9 Å². The van der Waals surface area contributed by atoms with Crippen molar-refractivity contribution in [1.29, 1.82) is 0 Å². The van der Waals surface area contributed by atoms with Crippen LogP contribution in [-0.4, -0.2) is 61.2 Å². The lowest BCUT2D eigenvalue weighted by Crippen LogP contribution is -2.51. The Balaban J connectivity index is 1.82. The van der Waals surface area contributed by atoms with Gasteiger partial charge in [0.15, 0.2) is 0 Å². The van der Waals surface area contributed by atoms with Gasteiger partial charge in [-0.1, -0.05) is 30.3 Å². The van der Waals surface area contributed by atoms with Crippen LogP contribution < -0.4 is 0 Å². The molecule has 1 heterocycles. The van der Waals surface area contributed by atoms with Crippen LogP contribution in [0.3, 0.4) is 0 Å². The van der Waals surface area contributed by atoms with E-state index in [1.807, 2.05) is 25.1 Å². The molecule has 2 rings (SSSR count). The minimum atomic E-state index is -3.15. The minimum Gasteiger partial charge on any atom is -0.339 e. The standard InChI is InChI=1S/C15H22N2O3S2/c1-13(21-12-14-6-4-3-5-7-14)15(18)16-8-10-17(11-9-16)22(2,19)20/h3-7,13H,8-12H2,1-2H3/t13-/m1/s1. The molecule has 7 heteroatoms. The van der Waals surface area contributed by atoms with E-state index in [4.69, 9.17) is 0 Å². The third kappa shape index (κ3) is 4.72. The smallest absolute Gasteiger partial charge is 0.235 e. The lowest BCUT2D eigenvalue weighted by atomic mass is 10.2. The van der Waals surface area contributed by atoms with E-state index < -0.39 is 10.0 Å². The van der Waals surface area contributed by atoms with Crippen LogP contribution in [0.25, 0.3) is 0 Å². The zero-order valence-corrected chi connectivity index (χ0v) is 14.6.